The highest BCUT2D eigenvalue weighted by molar-refractivity contribution is 5.81. The fourth-order valence-corrected chi connectivity index (χ4v) is 2.03. The van der Waals surface area contributed by atoms with E-state index in [9.17, 15) is 14.9 Å². The molecule has 1 N–H and O–H groups in total. The van der Waals surface area contributed by atoms with Gasteiger partial charge in [0.25, 0.3) is 11.6 Å². The third-order valence-corrected chi connectivity index (χ3v) is 3.30. The second kappa shape index (κ2) is 7.93. The number of rotatable bonds is 7. The largest absolute Gasteiger partial charge is 0.481 e. The Hall–Kier alpha value is -2.89. The Kier molecular flexibility index (Phi) is 5.68. The molecule has 2 rings (SSSR count). The van der Waals surface area contributed by atoms with Crippen LogP contribution in [0.25, 0.3) is 0 Å². The Morgan fingerprint density at radius 3 is 2.39 bits per heavy atom. The molecule has 0 aliphatic heterocycles. The van der Waals surface area contributed by atoms with Gasteiger partial charge >= 0.3 is 0 Å². The zero-order valence-electron chi connectivity index (χ0n) is 12.8. The fourth-order valence-electron chi connectivity index (χ4n) is 2.03. The number of nitro groups is 1. The van der Waals surface area contributed by atoms with Crippen molar-refractivity contribution < 1.29 is 14.5 Å². The van der Waals surface area contributed by atoms with Crippen LogP contribution in [0.3, 0.4) is 0 Å². The molecule has 1 amide bonds. The molecule has 0 heterocycles. The van der Waals surface area contributed by atoms with Crippen molar-refractivity contribution >= 4 is 11.6 Å². The van der Waals surface area contributed by atoms with E-state index in [0.29, 0.717) is 18.7 Å². The molecule has 0 aromatic heterocycles. The Morgan fingerprint density at radius 2 is 1.83 bits per heavy atom. The lowest BCUT2D eigenvalue weighted by Gasteiger charge is -2.17. The van der Waals surface area contributed by atoms with Crippen molar-refractivity contribution in [1.29, 1.82) is 0 Å². The van der Waals surface area contributed by atoms with Crippen LogP contribution < -0.4 is 10.1 Å². The van der Waals surface area contributed by atoms with Crippen molar-refractivity contribution in [2.75, 3.05) is 0 Å². The Labute approximate surface area is 134 Å². The summed E-state index contributed by atoms with van der Waals surface area (Å²) in [5.41, 5.74) is 0.991. The highest BCUT2D eigenvalue weighted by Crippen LogP contribution is 2.19. The highest BCUT2D eigenvalue weighted by atomic mass is 16.6. The normalized spacial score (nSPS) is 11.5. The van der Waals surface area contributed by atoms with Gasteiger partial charge in [0.15, 0.2) is 6.10 Å². The van der Waals surface area contributed by atoms with Gasteiger partial charge in [-0.05, 0) is 24.1 Å². The molecule has 120 valence electrons. The number of amides is 1. The number of nitrogens with zero attached hydrogens (tertiary/aromatic N) is 1. The summed E-state index contributed by atoms with van der Waals surface area (Å²) in [6.07, 6.45) is -0.141. The lowest BCUT2D eigenvalue weighted by molar-refractivity contribution is -0.384. The van der Waals surface area contributed by atoms with Crippen molar-refractivity contribution in [3.8, 4) is 5.75 Å². The minimum absolute atomic E-state index is 0.0149. The van der Waals surface area contributed by atoms with Gasteiger partial charge in [-0.1, -0.05) is 37.3 Å². The van der Waals surface area contributed by atoms with Crippen LogP contribution >= 0.6 is 0 Å². The van der Waals surface area contributed by atoms with Gasteiger partial charge < -0.3 is 10.1 Å². The molecule has 0 fully saturated rings. The standard InChI is InChI=1S/C17H18N2O4/c1-2-16(17(20)18-12-13-6-4-3-5-7-13)23-15-10-8-14(9-11-15)19(21)22/h3-11,16H,2,12H2,1H3,(H,18,20). The smallest absolute Gasteiger partial charge is 0.269 e. The minimum atomic E-state index is -0.639. The number of nitro benzene ring substituents is 1. The molecule has 0 saturated carbocycles. The van der Waals surface area contributed by atoms with E-state index in [1.807, 2.05) is 37.3 Å². The zero-order valence-corrected chi connectivity index (χ0v) is 12.8. The monoisotopic (exact) mass is 314 g/mol. The van der Waals surface area contributed by atoms with E-state index in [2.05, 4.69) is 5.32 Å². The number of ether oxygens (including phenoxy) is 1. The number of carbonyl (C=O) groups excluding carboxylic acids is 1. The number of non-ortho nitro benzene ring substituents is 1. The maximum atomic E-state index is 12.2. The molecule has 2 aromatic rings. The molecule has 6 heteroatoms. The van der Waals surface area contributed by atoms with Crippen LogP contribution in [0, 0.1) is 10.1 Å². The van der Waals surface area contributed by atoms with Crippen LogP contribution in [0.1, 0.15) is 18.9 Å². The van der Waals surface area contributed by atoms with Crippen molar-refractivity contribution in [2.24, 2.45) is 0 Å². The molecule has 0 radical (unpaired) electrons. The Morgan fingerprint density at radius 1 is 1.17 bits per heavy atom. The molecule has 23 heavy (non-hydrogen) atoms. The summed E-state index contributed by atoms with van der Waals surface area (Å²) >= 11 is 0. The van der Waals surface area contributed by atoms with Crippen LogP contribution in [-0.2, 0) is 11.3 Å². The summed E-state index contributed by atoms with van der Waals surface area (Å²) in [6, 6.07) is 15.3. The molecular weight excluding hydrogens is 296 g/mol. The van der Waals surface area contributed by atoms with E-state index in [4.69, 9.17) is 4.74 Å². The van der Waals surface area contributed by atoms with Gasteiger partial charge in [0, 0.05) is 18.7 Å². The molecule has 2 aromatic carbocycles. The first kappa shape index (κ1) is 16.5. The number of hydrogen-bond donors (Lipinski definition) is 1. The van der Waals surface area contributed by atoms with Crippen molar-refractivity contribution in [3.63, 3.8) is 0 Å². The van der Waals surface area contributed by atoms with Crippen molar-refractivity contribution in [1.82, 2.24) is 5.32 Å². The number of carbonyl (C=O) groups is 1. The predicted octanol–water partition coefficient (Wildman–Crippen LogP) is 3.07. The number of nitrogens with one attached hydrogen (secondary N) is 1. The molecule has 0 bridgehead atoms. The SMILES string of the molecule is CCC(Oc1ccc([N+](=O)[O-])cc1)C(=O)NCc1ccccc1. The van der Waals surface area contributed by atoms with Gasteiger partial charge in [0.2, 0.25) is 0 Å². The average molecular weight is 314 g/mol. The van der Waals surface area contributed by atoms with Gasteiger partial charge in [0.1, 0.15) is 5.75 Å². The molecule has 0 saturated heterocycles. The average Bonchev–Trinajstić information content (AvgIpc) is 2.59. The van der Waals surface area contributed by atoms with E-state index in [0.717, 1.165) is 5.56 Å². The van der Waals surface area contributed by atoms with Gasteiger partial charge in [0.05, 0.1) is 4.92 Å². The fraction of sp³-hybridized carbons (Fsp3) is 0.235. The van der Waals surface area contributed by atoms with Gasteiger partial charge in [-0.25, -0.2) is 0 Å². The second-order valence-electron chi connectivity index (χ2n) is 4.97. The maximum absolute atomic E-state index is 12.2. The van der Waals surface area contributed by atoms with Gasteiger partial charge in [-0.3, -0.25) is 14.9 Å². The van der Waals surface area contributed by atoms with Crippen LogP contribution in [0.4, 0.5) is 5.69 Å². The molecule has 1 atom stereocenters. The van der Waals surface area contributed by atoms with E-state index in [1.165, 1.54) is 24.3 Å². The maximum Gasteiger partial charge on any atom is 0.269 e. The van der Waals surface area contributed by atoms with Crippen LogP contribution in [0.15, 0.2) is 54.6 Å². The Balaban J connectivity index is 1.93. The quantitative estimate of drug-likeness (QED) is 0.629. The van der Waals surface area contributed by atoms with E-state index in [1.54, 1.807) is 0 Å². The topological polar surface area (TPSA) is 81.5 Å². The first-order chi connectivity index (χ1) is 11.1. The summed E-state index contributed by atoms with van der Waals surface area (Å²) in [7, 11) is 0. The summed E-state index contributed by atoms with van der Waals surface area (Å²) in [5.74, 6) is 0.215. The Bertz CT molecular complexity index is 656. The number of hydrogen-bond acceptors (Lipinski definition) is 4. The summed E-state index contributed by atoms with van der Waals surface area (Å²) < 4.78 is 5.61. The van der Waals surface area contributed by atoms with Crippen LogP contribution in [0.5, 0.6) is 5.75 Å². The van der Waals surface area contributed by atoms with Crippen LogP contribution in [-0.4, -0.2) is 16.9 Å². The van der Waals surface area contributed by atoms with Crippen LogP contribution in [0.2, 0.25) is 0 Å². The number of benzene rings is 2. The summed E-state index contributed by atoms with van der Waals surface area (Å²) in [5, 5.41) is 13.4. The minimum Gasteiger partial charge on any atom is -0.481 e. The molecule has 1 unspecified atom stereocenters. The molecule has 0 aliphatic carbocycles. The first-order valence-electron chi connectivity index (χ1n) is 7.33. The third-order valence-electron chi connectivity index (χ3n) is 3.30. The molecule has 6 nitrogen and oxygen atoms in total. The molecule has 0 aliphatic rings. The van der Waals surface area contributed by atoms with Crippen molar-refractivity contribution in [3.05, 3.63) is 70.3 Å². The lowest BCUT2D eigenvalue weighted by atomic mass is 10.2. The highest BCUT2D eigenvalue weighted by Gasteiger charge is 2.18. The summed E-state index contributed by atoms with van der Waals surface area (Å²) in [4.78, 5) is 22.3. The second-order valence-corrected chi connectivity index (χ2v) is 4.97. The van der Waals surface area contributed by atoms with Gasteiger partial charge in [-0.2, -0.15) is 0 Å². The predicted molar refractivity (Wildman–Crippen MR) is 86.1 cm³/mol. The molecule has 0 spiro atoms. The first-order valence-corrected chi connectivity index (χ1v) is 7.33. The lowest BCUT2D eigenvalue weighted by Crippen LogP contribution is -2.37. The third kappa shape index (κ3) is 4.81. The van der Waals surface area contributed by atoms with E-state index in [-0.39, 0.29) is 11.6 Å². The molecular formula is C17H18N2O4. The van der Waals surface area contributed by atoms with E-state index >= 15 is 0 Å². The zero-order chi connectivity index (χ0) is 16.7. The van der Waals surface area contributed by atoms with E-state index < -0.39 is 11.0 Å². The van der Waals surface area contributed by atoms with Gasteiger partial charge in [-0.15, -0.1) is 0 Å². The summed E-state index contributed by atoms with van der Waals surface area (Å²) in [6.45, 7) is 2.28. The van der Waals surface area contributed by atoms with Crippen molar-refractivity contribution in [2.45, 2.75) is 26.0 Å².